The lowest BCUT2D eigenvalue weighted by molar-refractivity contribution is 0.102. The van der Waals surface area contributed by atoms with Gasteiger partial charge in [0.05, 0.1) is 11.6 Å². The Morgan fingerprint density at radius 2 is 2.14 bits per heavy atom. The summed E-state index contributed by atoms with van der Waals surface area (Å²) in [5.74, 6) is 0.362. The van der Waals surface area contributed by atoms with Gasteiger partial charge in [0.15, 0.2) is 0 Å². The maximum absolute atomic E-state index is 12.2. The number of hydrogen-bond donors (Lipinski definition) is 2. The Morgan fingerprint density at radius 3 is 2.86 bits per heavy atom. The van der Waals surface area contributed by atoms with E-state index in [4.69, 9.17) is 5.26 Å². The largest absolute Gasteiger partial charge is 0.370 e. The fraction of sp³-hybridized carbons (Fsp3) is 0.188. The van der Waals surface area contributed by atoms with Crippen molar-refractivity contribution in [2.24, 2.45) is 0 Å². The van der Waals surface area contributed by atoms with Crippen LogP contribution in [0.4, 0.5) is 11.5 Å². The smallest absolute Gasteiger partial charge is 0.274 e. The van der Waals surface area contributed by atoms with E-state index in [1.54, 1.807) is 30.3 Å². The van der Waals surface area contributed by atoms with Crippen LogP contribution in [0.2, 0.25) is 0 Å². The lowest BCUT2D eigenvalue weighted by atomic mass is 10.1. The van der Waals surface area contributed by atoms with E-state index < -0.39 is 0 Å². The average molecular weight is 280 g/mol. The molecule has 1 amide bonds. The van der Waals surface area contributed by atoms with Gasteiger partial charge in [0, 0.05) is 12.2 Å². The number of anilines is 2. The minimum absolute atomic E-state index is 0.298. The van der Waals surface area contributed by atoms with Gasteiger partial charge in [-0.15, -0.1) is 0 Å². The number of carbonyl (C=O) groups excluding carboxylic acids is 1. The van der Waals surface area contributed by atoms with Crippen LogP contribution in [0.25, 0.3) is 0 Å². The summed E-state index contributed by atoms with van der Waals surface area (Å²) < 4.78 is 0. The number of amides is 1. The van der Waals surface area contributed by atoms with Gasteiger partial charge >= 0.3 is 0 Å². The van der Waals surface area contributed by atoms with Crippen molar-refractivity contribution in [2.75, 3.05) is 17.2 Å². The van der Waals surface area contributed by atoms with Crippen molar-refractivity contribution in [1.29, 1.82) is 5.26 Å². The molecule has 0 spiro atoms. The van der Waals surface area contributed by atoms with Crippen molar-refractivity contribution in [3.8, 4) is 6.07 Å². The molecule has 0 saturated heterocycles. The average Bonchev–Trinajstić information content (AvgIpc) is 2.50. The molecule has 0 aliphatic rings. The van der Waals surface area contributed by atoms with Gasteiger partial charge in [0.2, 0.25) is 0 Å². The molecule has 5 nitrogen and oxygen atoms in total. The van der Waals surface area contributed by atoms with E-state index in [1.165, 1.54) is 0 Å². The number of aromatic nitrogens is 1. The minimum Gasteiger partial charge on any atom is -0.370 e. The van der Waals surface area contributed by atoms with Gasteiger partial charge in [-0.1, -0.05) is 12.1 Å². The molecule has 0 radical (unpaired) electrons. The topological polar surface area (TPSA) is 77.8 Å². The van der Waals surface area contributed by atoms with Crippen molar-refractivity contribution in [2.45, 2.75) is 13.8 Å². The summed E-state index contributed by atoms with van der Waals surface area (Å²) >= 11 is 0. The molecule has 106 valence electrons. The number of rotatable bonds is 4. The fourth-order valence-electron chi connectivity index (χ4n) is 1.85. The van der Waals surface area contributed by atoms with Crippen LogP contribution >= 0.6 is 0 Å². The van der Waals surface area contributed by atoms with Gasteiger partial charge in [-0.3, -0.25) is 4.79 Å². The third-order valence-electron chi connectivity index (χ3n) is 2.95. The second kappa shape index (κ2) is 6.53. The summed E-state index contributed by atoms with van der Waals surface area (Å²) in [6.45, 7) is 4.58. The summed E-state index contributed by atoms with van der Waals surface area (Å²) in [6, 6.07) is 12.5. The zero-order valence-electron chi connectivity index (χ0n) is 12.0. The molecule has 0 aliphatic heterocycles. The highest BCUT2D eigenvalue weighted by atomic mass is 16.1. The highest BCUT2D eigenvalue weighted by Gasteiger charge is 2.10. The van der Waals surface area contributed by atoms with Gasteiger partial charge in [-0.05, 0) is 43.7 Å². The van der Waals surface area contributed by atoms with E-state index in [0.29, 0.717) is 22.8 Å². The van der Waals surface area contributed by atoms with Crippen LogP contribution in [0, 0.1) is 18.3 Å². The molecule has 0 aliphatic carbocycles. The van der Waals surface area contributed by atoms with Gasteiger partial charge < -0.3 is 10.6 Å². The first-order valence-corrected chi connectivity index (χ1v) is 6.67. The van der Waals surface area contributed by atoms with E-state index >= 15 is 0 Å². The number of hydrogen-bond acceptors (Lipinski definition) is 4. The van der Waals surface area contributed by atoms with Crippen molar-refractivity contribution in [1.82, 2.24) is 4.98 Å². The first kappa shape index (κ1) is 14.5. The van der Waals surface area contributed by atoms with Crippen molar-refractivity contribution >= 4 is 17.4 Å². The highest BCUT2D eigenvalue weighted by molar-refractivity contribution is 6.03. The Balaban J connectivity index is 2.22. The standard InChI is InChI=1S/C16H16N4O/c1-3-18-15-6-4-5-13(19-15)16(21)20-14-9-12(10-17)8-7-11(14)2/h4-9H,3H2,1-2H3,(H,18,19)(H,20,21). The lowest BCUT2D eigenvalue weighted by Crippen LogP contribution is -2.15. The van der Waals surface area contributed by atoms with Crippen LogP contribution in [0.15, 0.2) is 36.4 Å². The molecule has 1 aromatic carbocycles. The number of aryl methyl sites for hydroxylation is 1. The quantitative estimate of drug-likeness (QED) is 0.902. The monoisotopic (exact) mass is 280 g/mol. The molecule has 0 fully saturated rings. The summed E-state index contributed by atoms with van der Waals surface area (Å²) in [4.78, 5) is 16.5. The van der Waals surface area contributed by atoms with E-state index in [0.717, 1.165) is 12.1 Å². The molecule has 2 rings (SSSR count). The molecular weight excluding hydrogens is 264 g/mol. The summed E-state index contributed by atoms with van der Waals surface area (Å²) in [5.41, 5.74) is 2.35. The Hall–Kier alpha value is -2.87. The van der Waals surface area contributed by atoms with Crippen LogP contribution in [0.3, 0.4) is 0 Å². The van der Waals surface area contributed by atoms with E-state index in [2.05, 4.69) is 21.7 Å². The number of nitrogens with zero attached hydrogens (tertiary/aromatic N) is 2. The molecule has 1 aromatic heterocycles. The third-order valence-corrected chi connectivity index (χ3v) is 2.95. The predicted octanol–water partition coefficient (Wildman–Crippen LogP) is 2.95. The second-order valence-corrected chi connectivity index (χ2v) is 4.53. The van der Waals surface area contributed by atoms with Crippen LogP contribution in [-0.2, 0) is 0 Å². The summed E-state index contributed by atoms with van der Waals surface area (Å²) in [5, 5.41) is 14.8. The summed E-state index contributed by atoms with van der Waals surface area (Å²) in [7, 11) is 0. The van der Waals surface area contributed by atoms with Gasteiger partial charge in [0.25, 0.3) is 5.91 Å². The van der Waals surface area contributed by atoms with Crippen molar-refractivity contribution in [3.05, 3.63) is 53.2 Å². The van der Waals surface area contributed by atoms with E-state index in [1.807, 2.05) is 19.9 Å². The SMILES string of the molecule is CCNc1cccc(C(=O)Nc2cc(C#N)ccc2C)n1. The van der Waals surface area contributed by atoms with Gasteiger partial charge in [-0.2, -0.15) is 5.26 Å². The fourth-order valence-corrected chi connectivity index (χ4v) is 1.85. The predicted molar refractivity (Wildman–Crippen MR) is 82.2 cm³/mol. The van der Waals surface area contributed by atoms with Crippen molar-refractivity contribution < 1.29 is 4.79 Å². The molecule has 0 saturated carbocycles. The maximum atomic E-state index is 12.2. The van der Waals surface area contributed by atoms with Crippen LogP contribution in [0.1, 0.15) is 28.5 Å². The molecule has 0 unspecified atom stereocenters. The molecule has 1 heterocycles. The molecular formula is C16H16N4O. The Bertz CT molecular complexity index is 704. The Kier molecular flexibility index (Phi) is 4.52. The number of nitrogens with one attached hydrogen (secondary N) is 2. The molecule has 2 N–H and O–H groups in total. The molecule has 0 atom stereocenters. The van der Waals surface area contributed by atoms with Crippen LogP contribution in [-0.4, -0.2) is 17.4 Å². The first-order chi connectivity index (χ1) is 10.1. The summed E-state index contributed by atoms with van der Waals surface area (Å²) in [6.07, 6.45) is 0. The van der Waals surface area contributed by atoms with Crippen LogP contribution < -0.4 is 10.6 Å². The maximum Gasteiger partial charge on any atom is 0.274 e. The van der Waals surface area contributed by atoms with Crippen LogP contribution in [0.5, 0.6) is 0 Å². The normalized spacial score (nSPS) is 9.76. The zero-order chi connectivity index (χ0) is 15.2. The first-order valence-electron chi connectivity index (χ1n) is 6.67. The van der Waals surface area contributed by atoms with E-state index in [-0.39, 0.29) is 5.91 Å². The zero-order valence-corrected chi connectivity index (χ0v) is 12.0. The molecule has 5 heteroatoms. The molecule has 2 aromatic rings. The Labute approximate surface area is 123 Å². The molecule has 21 heavy (non-hydrogen) atoms. The van der Waals surface area contributed by atoms with Gasteiger partial charge in [0.1, 0.15) is 11.5 Å². The molecule has 0 bridgehead atoms. The minimum atomic E-state index is -0.298. The third kappa shape index (κ3) is 3.57. The second-order valence-electron chi connectivity index (χ2n) is 4.53. The number of pyridine rings is 1. The highest BCUT2D eigenvalue weighted by Crippen LogP contribution is 2.17. The lowest BCUT2D eigenvalue weighted by Gasteiger charge is -2.09. The van der Waals surface area contributed by atoms with E-state index in [9.17, 15) is 4.79 Å². The van der Waals surface area contributed by atoms with Gasteiger partial charge in [-0.25, -0.2) is 4.98 Å². The number of benzene rings is 1. The van der Waals surface area contributed by atoms with Crippen molar-refractivity contribution in [3.63, 3.8) is 0 Å². The number of carbonyl (C=O) groups is 1. The number of nitriles is 1. The Morgan fingerprint density at radius 1 is 1.33 bits per heavy atom.